The van der Waals surface area contributed by atoms with Crippen LogP contribution in [0.25, 0.3) is 22.7 Å². The first-order chi connectivity index (χ1) is 16.9. The Kier molecular flexibility index (Phi) is 7.88. The van der Waals surface area contributed by atoms with E-state index in [2.05, 4.69) is 33.7 Å². The number of rotatable bonds is 6. The van der Waals surface area contributed by atoms with Gasteiger partial charge in [-0.05, 0) is 24.5 Å². The van der Waals surface area contributed by atoms with E-state index in [0.717, 1.165) is 19.3 Å². The second kappa shape index (κ2) is 11.1. The third kappa shape index (κ3) is 5.57. The number of carbonyl (C=O) groups is 2. The third-order valence-electron chi connectivity index (χ3n) is 5.20. The maximum Gasteiger partial charge on any atom is 0.303 e. The molecule has 0 bridgehead atoms. The summed E-state index contributed by atoms with van der Waals surface area (Å²) >= 11 is 7.98. The van der Waals surface area contributed by atoms with Gasteiger partial charge in [-0.15, -0.1) is 11.8 Å². The molecule has 9 nitrogen and oxygen atoms in total. The van der Waals surface area contributed by atoms with Gasteiger partial charge in [-0.25, -0.2) is 15.0 Å². The van der Waals surface area contributed by atoms with Crippen LogP contribution in [0.2, 0.25) is 5.15 Å². The van der Waals surface area contributed by atoms with E-state index in [0.29, 0.717) is 28.4 Å². The molecule has 35 heavy (non-hydrogen) atoms. The van der Waals surface area contributed by atoms with Crippen LogP contribution in [-0.4, -0.2) is 54.4 Å². The zero-order valence-corrected chi connectivity index (χ0v) is 21.1. The molecule has 0 aromatic carbocycles. The molecular formula is C24H24ClN5O4S. The molecule has 0 aliphatic carbocycles. The Morgan fingerprint density at radius 3 is 2.69 bits per heavy atom. The van der Waals surface area contributed by atoms with E-state index >= 15 is 0 Å². The van der Waals surface area contributed by atoms with Gasteiger partial charge in [0.1, 0.15) is 16.6 Å². The molecule has 0 saturated carbocycles. The van der Waals surface area contributed by atoms with Crippen molar-refractivity contribution in [1.29, 1.82) is 0 Å². The number of thioether (sulfide) groups is 1. The third-order valence-corrected chi connectivity index (χ3v) is 6.80. The standard InChI is InChI=1S/C24H24ClN5O4S/c1-4-5-6-7-11-18-27-21(25)19-23(28-18)30(22(29-19)16-10-8-9-12-26-16)24-20(34-15(3)32)17(13-35-24)33-14(2)31/h8-10,12,17,20,24H,4-6,13H2,1-3H3/t17-,20-,24-/m1/s1. The molecule has 0 unspecified atom stereocenters. The molecule has 4 heterocycles. The van der Waals surface area contributed by atoms with Gasteiger partial charge >= 0.3 is 11.9 Å². The minimum atomic E-state index is -0.769. The normalized spacial score (nSPS) is 19.3. The van der Waals surface area contributed by atoms with Crippen molar-refractivity contribution in [2.45, 2.75) is 57.6 Å². The Hall–Kier alpha value is -3.16. The van der Waals surface area contributed by atoms with E-state index in [1.807, 2.05) is 16.7 Å². The van der Waals surface area contributed by atoms with E-state index in [9.17, 15) is 9.59 Å². The molecule has 182 valence electrons. The van der Waals surface area contributed by atoms with E-state index < -0.39 is 29.5 Å². The Balaban J connectivity index is 1.89. The smallest absolute Gasteiger partial charge is 0.303 e. The van der Waals surface area contributed by atoms with Crippen LogP contribution in [0.4, 0.5) is 0 Å². The summed E-state index contributed by atoms with van der Waals surface area (Å²) in [6.45, 7) is 4.74. The highest BCUT2D eigenvalue weighted by molar-refractivity contribution is 7.99. The summed E-state index contributed by atoms with van der Waals surface area (Å²) in [4.78, 5) is 41.8. The van der Waals surface area contributed by atoms with Gasteiger partial charge in [0.2, 0.25) is 5.82 Å². The van der Waals surface area contributed by atoms with Gasteiger partial charge in [0, 0.05) is 32.2 Å². The summed E-state index contributed by atoms with van der Waals surface area (Å²) in [6, 6.07) is 5.46. The van der Waals surface area contributed by atoms with Crippen LogP contribution in [0.1, 0.15) is 51.2 Å². The molecule has 3 aromatic rings. The highest BCUT2D eigenvalue weighted by Crippen LogP contribution is 2.44. The second-order valence-corrected chi connectivity index (χ2v) is 9.39. The largest absolute Gasteiger partial charge is 0.458 e. The first kappa shape index (κ1) is 24.9. The van der Waals surface area contributed by atoms with Crippen LogP contribution in [0.15, 0.2) is 24.4 Å². The predicted octanol–water partition coefficient (Wildman–Crippen LogP) is 4.19. The maximum absolute atomic E-state index is 12.0. The van der Waals surface area contributed by atoms with E-state index in [1.165, 1.54) is 25.6 Å². The summed E-state index contributed by atoms with van der Waals surface area (Å²) in [6.07, 6.45) is 3.00. The van der Waals surface area contributed by atoms with Gasteiger partial charge < -0.3 is 9.47 Å². The first-order valence-corrected chi connectivity index (χ1v) is 12.6. The van der Waals surface area contributed by atoms with Gasteiger partial charge in [-0.2, -0.15) is 0 Å². The van der Waals surface area contributed by atoms with Gasteiger partial charge in [-0.1, -0.05) is 36.9 Å². The summed E-state index contributed by atoms with van der Waals surface area (Å²) in [7, 11) is 0. The summed E-state index contributed by atoms with van der Waals surface area (Å²) in [5.41, 5.74) is 1.39. The van der Waals surface area contributed by atoms with Crippen LogP contribution in [-0.2, 0) is 19.1 Å². The fourth-order valence-electron chi connectivity index (χ4n) is 3.75. The number of esters is 2. The molecule has 1 fully saturated rings. The lowest BCUT2D eigenvalue weighted by atomic mass is 10.2. The molecule has 0 N–H and O–H groups in total. The lowest BCUT2D eigenvalue weighted by Gasteiger charge is -2.25. The van der Waals surface area contributed by atoms with Crippen molar-refractivity contribution in [2.75, 3.05) is 5.75 Å². The Morgan fingerprint density at radius 1 is 1.20 bits per heavy atom. The molecule has 4 rings (SSSR count). The fraction of sp³-hybridized carbons (Fsp3) is 0.417. The average Bonchev–Trinajstić information content (AvgIpc) is 3.38. The first-order valence-electron chi connectivity index (χ1n) is 11.2. The van der Waals surface area contributed by atoms with Crippen molar-refractivity contribution in [3.8, 4) is 23.4 Å². The molecule has 11 heteroatoms. The quantitative estimate of drug-likeness (QED) is 0.207. The second-order valence-electron chi connectivity index (χ2n) is 7.88. The SMILES string of the molecule is CCCCC#Cc1nc(Cl)c2nc(-c3ccccn3)n([C@@H]3SC[C@@H](OC(C)=O)[C@H]3OC(C)=O)c2n1. The summed E-state index contributed by atoms with van der Waals surface area (Å²) < 4.78 is 12.9. The van der Waals surface area contributed by atoms with Crippen LogP contribution >= 0.6 is 23.4 Å². The number of hydrogen-bond donors (Lipinski definition) is 0. The predicted molar refractivity (Wildman–Crippen MR) is 133 cm³/mol. The number of carbonyl (C=O) groups excluding carboxylic acids is 2. The van der Waals surface area contributed by atoms with Crippen molar-refractivity contribution in [3.05, 3.63) is 35.4 Å². The van der Waals surface area contributed by atoms with Crippen molar-refractivity contribution >= 4 is 46.5 Å². The van der Waals surface area contributed by atoms with Gasteiger partial charge in [0.05, 0.1) is 0 Å². The highest BCUT2D eigenvalue weighted by Gasteiger charge is 2.44. The summed E-state index contributed by atoms with van der Waals surface area (Å²) in [5, 5.41) is -0.341. The Bertz CT molecular complexity index is 1300. The molecule has 1 aliphatic heterocycles. The van der Waals surface area contributed by atoms with Gasteiger partial charge in [-0.3, -0.25) is 19.1 Å². The van der Waals surface area contributed by atoms with E-state index in [-0.39, 0.29) is 11.0 Å². The lowest BCUT2D eigenvalue weighted by Crippen LogP contribution is -2.36. The lowest BCUT2D eigenvalue weighted by molar-refractivity contribution is -0.163. The van der Waals surface area contributed by atoms with Crippen molar-refractivity contribution in [3.63, 3.8) is 0 Å². The Morgan fingerprint density at radius 2 is 2.00 bits per heavy atom. The minimum Gasteiger partial charge on any atom is -0.458 e. The fourth-order valence-corrected chi connectivity index (χ4v) is 5.37. The van der Waals surface area contributed by atoms with Crippen LogP contribution < -0.4 is 0 Å². The molecule has 1 saturated heterocycles. The number of fused-ring (bicyclic) bond motifs is 1. The average molecular weight is 514 g/mol. The van der Waals surface area contributed by atoms with Gasteiger partial charge in [0.15, 0.2) is 28.8 Å². The molecule has 0 amide bonds. The van der Waals surface area contributed by atoms with Crippen molar-refractivity contribution in [2.24, 2.45) is 0 Å². The van der Waals surface area contributed by atoms with Crippen LogP contribution in [0, 0.1) is 11.8 Å². The highest BCUT2D eigenvalue weighted by atomic mass is 35.5. The summed E-state index contributed by atoms with van der Waals surface area (Å²) in [5.74, 6) is 6.29. The Labute approximate surface area is 212 Å². The molecule has 0 radical (unpaired) electrons. The topological polar surface area (TPSA) is 109 Å². The number of pyridine rings is 1. The van der Waals surface area contributed by atoms with Crippen molar-refractivity contribution in [1.82, 2.24) is 24.5 Å². The number of halogens is 1. The van der Waals surface area contributed by atoms with Crippen LogP contribution in [0.3, 0.4) is 0 Å². The zero-order valence-electron chi connectivity index (χ0n) is 19.5. The molecule has 3 aromatic heterocycles. The number of imidazole rings is 1. The zero-order chi connectivity index (χ0) is 24.9. The number of nitrogens with zero attached hydrogens (tertiary/aromatic N) is 5. The minimum absolute atomic E-state index is 0.161. The van der Waals surface area contributed by atoms with Crippen molar-refractivity contribution < 1.29 is 19.1 Å². The molecular weight excluding hydrogens is 490 g/mol. The molecule has 1 aliphatic rings. The maximum atomic E-state index is 12.0. The molecule has 3 atom stereocenters. The number of ether oxygens (including phenoxy) is 2. The van der Waals surface area contributed by atoms with E-state index in [1.54, 1.807) is 12.3 Å². The molecule has 0 spiro atoms. The number of unbranched alkanes of at least 4 members (excludes halogenated alkanes) is 2. The van der Waals surface area contributed by atoms with Gasteiger partial charge in [0.25, 0.3) is 0 Å². The number of aromatic nitrogens is 5. The van der Waals surface area contributed by atoms with E-state index in [4.69, 9.17) is 26.1 Å². The number of hydrogen-bond acceptors (Lipinski definition) is 9. The van der Waals surface area contributed by atoms with Crippen LogP contribution in [0.5, 0.6) is 0 Å². The monoisotopic (exact) mass is 513 g/mol.